The lowest BCUT2D eigenvalue weighted by atomic mass is 10.1. The molecule has 0 aliphatic rings. The Balaban J connectivity index is 2.52. The van der Waals surface area contributed by atoms with Crippen LogP contribution in [0.5, 0.6) is 0 Å². The molecule has 0 N–H and O–H groups in total. The lowest BCUT2D eigenvalue weighted by Crippen LogP contribution is -1.97. The van der Waals surface area contributed by atoms with E-state index in [0.29, 0.717) is 17.0 Å². The van der Waals surface area contributed by atoms with Gasteiger partial charge in [-0.1, -0.05) is 18.7 Å². The van der Waals surface area contributed by atoms with Gasteiger partial charge in [0.05, 0.1) is 11.4 Å². The maximum atomic E-state index is 11.5. The maximum Gasteiger partial charge on any atom is 0.178 e. The number of nitrogens with zero attached hydrogens (tertiary/aromatic N) is 2. The van der Waals surface area contributed by atoms with Crippen LogP contribution in [-0.4, -0.2) is 15.8 Å². The minimum atomic E-state index is -0.165. The molecule has 18 heavy (non-hydrogen) atoms. The van der Waals surface area contributed by atoms with E-state index in [-0.39, 0.29) is 5.78 Å². The third-order valence-corrected chi connectivity index (χ3v) is 2.37. The molecular formula is C15H12N2O. The Morgan fingerprint density at radius 3 is 1.94 bits per heavy atom. The lowest BCUT2D eigenvalue weighted by molar-refractivity contribution is -0.110. The first-order valence-corrected chi connectivity index (χ1v) is 5.52. The Morgan fingerprint density at radius 1 is 1.00 bits per heavy atom. The van der Waals surface area contributed by atoms with Crippen molar-refractivity contribution in [1.82, 2.24) is 9.97 Å². The Kier molecular flexibility index (Phi) is 3.76. The van der Waals surface area contributed by atoms with Crippen LogP contribution in [-0.2, 0) is 4.79 Å². The Bertz CT molecular complexity index is 532. The molecule has 0 amide bonds. The van der Waals surface area contributed by atoms with Crippen LogP contribution >= 0.6 is 0 Å². The van der Waals surface area contributed by atoms with E-state index >= 15 is 0 Å². The molecule has 2 aromatic heterocycles. The zero-order chi connectivity index (χ0) is 12.8. The SMILES string of the molecule is C=CC(=O)C=C(c1ccccn1)c1ccccn1. The third-order valence-electron chi connectivity index (χ3n) is 2.37. The van der Waals surface area contributed by atoms with Crippen LogP contribution in [0.1, 0.15) is 11.4 Å². The van der Waals surface area contributed by atoms with E-state index in [9.17, 15) is 4.79 Å². The van der Waals surface area contributed by atoms with Crippen LogP contribution in [0.15, 0.2) is 67.5 Å². The van der Waals surface area contributed by atoms with Gasteiger partial charge in [0, 0.05) is 18.0 Å². The number of carbonyl (C=O) groups is 1. The van der Waals surface area contributed by atoms with E-state index in [0.717, 1.165) is 0 Å². The molecule has 0 aromatic carbocycles. The number of ketones is 1. The normalized spacial score (nSPS) is 9.56. The Morgan fingerprint density at radius 2 is 1.56 bits per heavy atom. The first kappa shape index (κ1) is 11.9. The first-order valence-electron chi connectivity index (χ1n) is 5.52. The highest BCUT2D eigenvalue weighted by Gasteiger charge is 2.08. The molecule has 0 spiro atoms. The van der Waals surface area contributed by atoms with Crippen molar-refractivity contribution in [2.45, 2.75) is 0 Å². The summed E-state index contributed by atoms with van der Waals surface area (Å²) in [5.74, 6) is -0.165. The van der Waals surface area contributed by atoms with Crippen LogP contribution in [0.4, 0.5) is 0 Å². The zero-order valence-corrected chi connectivity index (χ0v) is 9.78. The number of aromatic nitrogens is 2. The third kappa shape index (κ3) is 2.77. The van der Waals surface area contributed by atoms with E-state index in [2.05, 4.69) is 16.5 Å². The predicted molar refractivity (Wildman–Crippen MR) is 70.8 cm³/mol. The average Bonchev–Trinajstić information content (AvgIpc) is 2.46. The summed E-state index contributed by atoms with van der Waals surface area (Å²) in [5.41, 5.74) is 2.12. The Labute approximate surface area is 106 Å². The number of hydrogen-bond donors (Lipinski definition) is 0. The average molecular weight is 236 g/mol. The fourth-order valence-corrected chi connectivity index (χ4v) is 1.52. The van der Waals surface area contributed by atoms with Crippen LogP contribution in [0.25, 0.3) is 5.57 Å². The van der Waals surface area contributed by atoms with Gasteiger partial charge in [0.25, 0.3) is 0 Å². The molecule has 2 heterocycles. The number of rotatable bonds is 4. The first-order chi connectivity index (χ1) is 8.81. The van der Waals surface area contributed by atoms with Gasteiger partial charge < -0.3 is 0 Å². The summed E-state index contributed by atoms with van der Waals surface area (Å²) in [6.45, 7) is 3.47. The van der Waals surface area contributed by atoms with Gasteiger partial charge in [0.1, 0.15) is 0 Å². The second kappa shape index (κ2) is 5.68. The summed E-state index contributed by atoms with van der Waals surface area (Å²) in [7, 11) is 0. The molecule has 88 valence electrons. The van der Waals surface area contributed by atoms with Crippen molar-refractivity contribution in [2.24, 2.45) is 0 Å². The van der Waals surface area contributed by atoms with Crippen molar-refractivity contribution in [3.05, 3.63) is 78.9 Å². The van der Waals surface area contributed by atoms with Crippen LogP contribution in [0.2, 0.25) is 0 Å². The number of pyridine rings is 2. The summed E-state index contributed by atoms with van der Waals surface area (Å²) >= 11 is 0. The fraction of sp³-hybridized carbons (Fsp3) is 0. The topological polar surface area (TPSA) is 42.9 Å². The molecule has 0 bridgehead atoms. The molecule has 0 radical (unpaired) electrons. The number of hydrogen-bond acceptors (Lipinski definition) is 3. The molecule has 2 aromatic rings. The number of allylic oxidation sites excluding steroid dienone is 2. The highest BCUT2D eigenvalue weighted by Crippen LogP contribution is 2.19. The lowest BCUT2D eigenvalue weighted by Gasteiger charge is -2.05. The minimum absolute atomic E-state index is 0.165. The van der Waals surface area contributed by atoms with Crippen molar-refractivity contribution in [1.29, 1.82) is 0 Å². The molecule has 0 unspecified atom stereocenters. The molecule has 3 nitrogen and oxygen atoms in total. The molecule has 2 rings (SSSR count). The van der Waals surface area contributed by atoms with E-state index in [1.54, 1.807) is 12.4 Å². The van der Waals surface area contributed by atoms with E-state index in [1.807, 2.05) is 36.4 Å². The summed E-state index contributed by atoms with van der Waals surface area (Å²) in [6, 6.07) is 11.1. The Hall–Kier alpha value is -2.55. The monoisotopic (exact) mass is 236 g/mol. The summed E-state index contributed by atoms with van der Waals surface area (Å²) < 4.78 is 0. The largest absolute Gasteiger partial charge is 0.290 e. The summed E-state index contributed by atoms with van der Waals surface area (Å²) in [4.78, 5) is 20.0. The van der Waals surface area contributed by atoms with E-state index < -0.39 is 0 Å². The van der Waals surface area contributed by atoms with Gasteiger partial charge in [0.15, 0.2) is 5.78 Å². The standard InChI is InChI=1S/C15H12N2O/c1-2-12(18)11-13(14-7-3-5-9-16-14)15-8-4-6-10-17-15/h2-11H,1H2. The van der Waals surface area contributed by atoms with Gasteiger partial charge in [-0.3, -0.25) is 14.8 Å². The van der Waals surface area contributed by atoms with Crippen LogP contribution < -0.4 is 0 Å². The predicted octanol–water partition coefficient (Wildman–Crippen LogP) is 2.66. The zero-order valence-electron chi connectivity index (χ0n) is 9.78. The minimum Gasteiger partial charge on any atom is -0.290 e. The van der Waals surface area contributed by atoms with Gasteiger partial charge in [-0.2, -0.15) is 0 Å². The van der Waals surface area contributed by atoms with E-state index in [1.165, 1.54) is 12.2 Å². The molecule has 0 fully saturated rings. The molecular weight excluding hydrogens is 224 g/mol. The molecule has 0 aliphatic carbocycles. The van der Waals surface area contributed by atoms with Gasteiger partial charge >= 0.3 is 0 Å². The quantitative estimate of drug-likeness (QED) is 0.766. The molecule has 0 aliphatic heterocycles. The summed E-state index contributed by atoms with van der Waals surface area (Å²) in [6.07, 6.45) is 6.14. The van der Waals surface area contributed by atoms with Gasteiger partial charge in [-0.15, -0.1) is 0 Å². The van der Waals surface area contributed by atoms with Gasteiger partial charge in [0.2, 0.25) is 0 Å². The highest BCUT2D eigenvalue weighted by atomic mass is 16.1. The van der Waals surface area contributed by atoms with Crippen molar-refractivity contribution >= 4 is 11.4 Å². The van der Waals surface area contributed by atoms with Crippen molar-refractivity contribution in [2.75, 3.05) is 0 Å². The van der Waals surface area contributed by atoms with Gasteiger partial charge in [-0.25, -0.2) is 0 Å². The fourth-order valence-electron chi connectivity index (χ4n) is 1.52. The smallest absolute Gasteiger partial charge is 0.178 e. The maximum absolute atomic E-state index is 11.5. The highest BCUT2D eigenvalue weighted by molar-refractivity contribution is 6.05. The summed E-state index contributed by atoms with van der Waals surface area (Å²) in [5, 5.41) is 0. The second-order valence-corrected chi connectivity index (χ2v) is 3.59. The van der Waals surface area contributed by atoms with Crippen molar-refractivity contribution < 1.29 is 4.79 Å². The van der Waals surface area contributed by atoms with E-state index in [4.69, 9.17) is 0 Å². The van der Waals surface area contributed by atoms with Crippen LogP contribution in [0.3, 0.4) is 0 Å². The molecule has 0 saturated heterocycles. The van der Waals surface area contributed by atoms with Crippen LogP contribution in [0, 0.1) is 0 Å². The number of carbonyl (C=O) groups excluding carboxylic acids is 1. The molecule has 0 atom stereocenters. The second-order valence-electron chi connectivity index (χ2n) is 3.59. The molecule has 0 saturated carbocycles. The molecule has 3 heteroatoms. The van der Waals surface area contributed by atoms with Gasteiger partial charge in [-0.05, 0) is 36.4 Å². The van der Waals surface area contributed by atoms with Crippen molar-refractivity contribution in [3.63, 3.8) is 0 Å². The van der Waals surface area contributed by atoms with Crippen molar-refractivity contribution in [3.8, 4) is 0 Å².